The Labute approximate surface area is 156 Å². The predicted molar refractivity (Wildman–Crippen MR) is 109 cm³/mol. The molecule has 3 rings (SSSR count). The molecule has 0 atom stereocenters. The summed E-state index contributed by atoms with van der Waals surface area (Å²) in [5.41, 5.74) is 6.31. The van der Waals surface area contributed by atoms with Gasteiger partial charge in [-0.15, -0.1) is 0 Å². The third kappa shape index (κ3) is 4.95. The van der Waals surface area contributed by atoms with Crippen molar-refractivity contribution >= 4 is 0 Å². The lowest BCUT2D eigenvalue weighted by molar-refractivity contribution is 0.415. The Morgan fingerprint density at radius 2 is 1.38 bits per heavy atom. The largest absolute Gasteiger partial charge is 0.497 e. The van der Waals surface area contributed by atoms with Gasteiger partial charge in [0.1, 0.15) is 5.75 Å². The summed E-state index contributed by atoms with van der Waals surface area (Å²) in [5.74, 6) is 0.888. The summed E-state index contributed by atoms with van der Waals surface area (Å²) in [6, 6.07) is 21.4. The molecule has 1 aromatic heterocycles. The molecule has 0 N–H and O–H groups in total. The maximum Gasteiger partial charge on any atom is 0.118 e. The van der Waals surface area contributed by atoms with Crippen LogP contribution < -0.4 is 4.74 Å². The van der Waals surface area contributed by atoms with Crippen molar-refractivity contribution in [2.45, 2.75) is 39.0 Å². The first-order valence-corrected chi connectivity index (χ1v) is 9.45. The molecule has 1 heterocycles. The quantitative estimate of drug-likeness (QED) is 0.508. The van der Waals surface area contributed by atoms with Crippen LogP contribution in [0.2, 0.25) is 0 Å². The Hall–Kier alpha value is -2.61. The van der Waals surface area contributed by atoms with E-state index < -0.39 is 0 Å². The van der Waals surface area contributed by atoms with Gasteiger partial charge in [0.2, 0.25) is 0 Å². The second-order valence-electron chi connectivity index (χ2n) is 6.69. The van der Waals surface area contributed by atoms with E-state index in [2.05, 4.69) is 60.4 Å². The molecule has 0 amide bonds. The Morgan fingerprint density at radius 1 is 0.731 bits per heavy atom. The SMILES string of the molecule is CCCCc1ccc(CCc2ccc(-c3ccc(OC)cc3)cc2)nc1. The van der Waals surface area contributed by atoms with Crippen molar-refractivity contribution in [3.8, 4) is 16.9 Å². The third-order valence-electron chi connectivity index (χ3n) is 4.75. The Balaban J connectivity index is 1.57. The third-order valence-corrected chi connectivity index (χ3v) is 4.75. The number of benzene rings is 2. The average molecular weight is 345 g/mol. The first kappa shape index (κ1) is 18.2. The number of ether oxygens (including phenoxy) is 1. The van der Waals surface area contributed by atoms with E-state index in [1.807, 2.05) is 18.3 Å². The summed E-state index contributed by atoms with van der Waals surface area (Å²) < 4.78 is 5.22. The first-order valence-electron chi connectivity index (χ1n) is 9.45. The molecule has 0 unspecified atom stereocenters. The number of aromatic nitrogens is 1. The van der Waals surface area contributed by atoms with E-state index in [1.54, 1.807) is 7.11 Å². The van der Waals surface area contributed by atoms with Gasteiger partial charge in [-0.3, -0.25) is 4.98 Å². The summed E-state index contributed by atoms with van der Waals surface area (Å²) in [6.45, 7) is 2.22. The molecule has 0 fully saturated rings. The summed E-state index contributed by atoms with van der Waals surface area (Å²) >= 11 is 0. The number of rotatable bonds is 8. The monoisotopic (exact) mass is 345 g/mol. The fourth-order valence-corrected chi connectivity index (χ4v) is 3.05. The van der Waals surface area contributed by atoms with E-state index >= 15 is 0 Å². The maximum absolute atomic E-state index is 5.22. The number of hydrogen-bond acceptors (Lipinski definition) is 2. The molecule has 0 aliphatic heterocycles. The van der Waals surface area contributed by atoms with E-state index in [1.165, 1.54) is 40.8 Å². The van der Waals surface area contributed by atoms with Crippen molar-refractivity contribution in [3.63, 3.8) is 0 Å². The van der Waals surface area contributed by atoms with Gasteiger partial charge >= 0.3 is 0 Å². The molecule has 0 spiro atoms. The van der Waals surface area contributed by atoms with E-state index in [-0.39, 0.29) is 0 Å². The first-order chi connectivity index (χ1) is 12.8. The lowest BCUT2D eigenvalue weighted by Crippen LogP contribution is -1.96. The molecular weight excluding hydrogens is 318 g/mol. The predicted octanol–water partition coefficient (Wildman–Crippen LogP) is 5.89. The Morgan fingerprint density at radius 3 is 1.96 bits per heavy atom. The van der Waals surface area contributed by atoms with Crippen LogP contribution in [0.15, 0.2) is 66.9 Å². The molecular formula is C24H27NO. The van der Waals surface area contributed by atoms with Gasteiger partial charge in [0.05, 0.1) is 7.11 Å². The van der Waals surface area contributed by atoms with Gasteiger partial charge in [-0.2, -0.15) is 0 Å². The smallest absolute Gasteiger partial charge is 0.118 e. The second-order valence-corrected chi connectivity index (χ2v) is 6.69. The molecule has 0 saturated heterocycles. The number of hydrogen-bond donors (Lipinski definition) is 0. The molecule has 0 radical (unpaired) electrons. The molecule has 0 aliphatic rings. The van der Waals surface area contributed by atoms with Gasteiger partial charge in [0.25, 0.3) is 0 Å². The number of aryl methyl sites for hydroxylation is 3. The molecule has 0 saturated carbocycles. The van der Waals surface area contributed by atoms with E-state index in [9.17, 15) is 0 Å². The minimum absolute atomic E-state index is 0.888. The summed E-state index contributed by atoms with van der Waals surface area (Å²) in [4.78, 5) is 4.62. The maximum atomic E-state index is 5.22. The second kappa shape index (κ2) is 9.19. The molecule has 2 aromatic carbocycles. The van der Waals surface area contributed by atoms with E-state index in [0.29, 0.717) is 0 Å². The Bertz CT molecular complexity index is 789. The highest BCUT2D eigenvalue weighted by molar-refractivity contribution is 5.64. The van der Waals surface area contributed by atoms with E-state index in [0.717, 1.165) is 25.0 Å². The van der Waals surface area contributed by atoms with Crippen molar-refractivity contribution in [3.05, 3.63) is 83.7 Å². The lowest BCUT2D eigenvalue weighted by Gasteiger charge is -2.06. The minimum Gasteiger partial charge on any atom is -0.497 e. The fraction of sp³-hybridized carbons (Fsp3) is 0.292. The topological polar surface area (TPSA) is 22.1 Å². The van der Waals surface area contributed by atoms with Crippen LogP contribution in [0.25, 0.3) is 11.1 Å². The summed E-state index contributed by atoms with van der Waals surface area (Å²) in [5, 5.41) is 0. The minimum atomic E-state index is 0.888. The zero-order chi connectivity index (χ0) is 18.2. The highest BCUT2D eigenvalue weighted by Crippen LogP contribution is 2.23. The van der Waals surface area contributed by atoms with Gasteiger partial charge in [-0.05, 0) is 66.1 Å². The van der Waals surface area contributed by atoms with E-state index in [4.69, 9.17) is 4.74 Å². The lowest BCUT2D eigenvalue weighted by atomic mass is 10.0. The van der Waals surface area contributed by atoms with Crippen molar-refractivity contribution in [1.82, 2.24) is 4.98 Å². The highest BCUT2D eigenvalue weighted by atomic mass is 16.5. The highest BCUT2D eigenvalue weighted by Gasteiger charge is 2.01. The average Bonchev–Trinajstić information content (AvgIpc) is 2.72. The van der Waals surface area contributed by atoms with Crippen molar-refractivity contribution < 1.29 is 4.74 Å². The fourth-order valence-electron chi connectivity index (χ4n) is 3.05. The van der Waals surface area contributed by atoms with Crippen molar-refractivity contribution in [2.24, 2.45) is 0 Å². The van der Waals surface area contributed by atoms with Crippen LogP contribution in [0.5, 0.6) is 5.75 Å². The zero-order valence-electron chi connectivity index (χ0n) is 15.7. The van der Waals surface area contributed by atoms with Crippen LogP contribution in [0.1, 0.15) is 36.6 Å². The molecule has 2 heteroatoms. The molecule has 2 nitrogen and oxygen atoms in total. The summed E-state index contributed by atoms with van der Waals surface area (Å²) in [7, 11) is 1.69. The molecule has 0 bridgehead atoms. The van der Waals surface area contributed by atoms with Crippen molar-refractivity contribution in [2.75, 3.05) is 7.11 Å². The van der Waals surface area contributed by atoms with Crippen LogP contribution in [-0.4, -0.2) is 12.1 Å². The van der Waals surface area contributed by atoms with Gasteiger partial charge in [0.15, 0.2) is 0 Å². The number of nitrogens with zero attached hydrogens (tertiary/aromatic N) is 1. The Kier molecular flexibility index (Phi) is 6.43. The van der Waals surface area contributed by atoms with Gasteiger partial charge in [-0.25, -0.2) is 0 Å². The van der Waals surface area contributed by atoms with Gasteiger partial charge < -0.3 is 4.74 Å². The zero-order valence-corrected chi connectivity index (χ0v) is 15.7. The van der Waals surface area contributed by atoms with Gasteiger partial charge in [0, 0.05) is 11.9 Å². The van der Waals surface area contributed by atoms with Crippen LogP contribution in [0.3, 0.4) is 0 Å². The number of unbranched alkanes of at least 4 members (excludes halogenated alkanes) is 1. The molecule has 26 heavy (non-hydrogen) atoms. The molecule has 134 valence electrons. The molecule has 3 aromatic rings. The van der Waals surface area contributed by atoms with Gasteiger partial charge in [-0.1, -0.05) is 55.8 Å². The van der Waals surface area contributed by atoms with Crippen LogP contribution >= 0.6 is 0 Å². The standard InChI is InChI=1S/C24H27NO/c1-3-4-5-20-9-15-23(25-18-20)14-8-19-6-10-21(11-7-19)22-12-16-24(26-2)17-13-22/h6-7,9-13,15-18H,3-5,8,14H2,1-2H3. The van der Waals surface area contributed by atoms with Crippen LogP contribution in [0, 0.1) is 0 Å². The summed E-state index contributed by atoms with van der Waals surface area (Å²) in [6.07, 6.45) is 7.64. The number of pyridine rings is 1. The van der Waals surface area contributed by atoms with Crippen LogP contribution in [-0.2, 0) is 19.3 Å². The number of methoxy groups -OCH3 is 1. The molecule has 0 aliphatic carbocycles. The normalized spacial score (nSPS) is 10.7. The van der Waals surface area contributed by atoms with Crippen molar-refractivity contribution in [1.29, 1.82) is 0 Å². The van der Waals surface area contributed by atoms with Crippen LogP contribution in [0.4, 0.5) is 0 Å².